The first-order valence-electron chi connectivity index (χ1n) is 9.74. The zero-order chi connectivity index (χ0) is 21.1. The highest BCUT2D eigenvalue weighted by molar-refractivity contribution is 6.15. The smallest absolute Gasteiger partial charge is 0.270 e. The van der Waals surface area contributed by atoms with Gasteiger partial charge in [0.15, 0.2) is 11.6 Å². The maximum Gasteiger partial charge on any atom is 0.270 e. The predicted molar refractivity (Wildman–Crippen MR) is 112 cm³/mol. The van der Waals surface area contributed by atoms with E-state index >= 15 is 0 Å². The zero-order valence-corrected chi connectivity index (χ0v) is 16.9. The van der Waals surface area contributed by atoms with Gasteiger partial charge in [-0.1, -0.05) is 37.3 Å². The Kier molecular flexibility index (Phi) is 5.64. The van der Waals surface area contributed by atoms with Crippen molar-refractivity contribution in [2.45, 2.75) is 26.5 Å². The molecule has 3 aromatic rings. The predicted octanol–water partition coefficient (Wildman–Crippen LogP) is 3.30. The summed E-state index contributed by atoms with van der Waals surface area (Å²) in [7, 11) is 1.87. The molecular weight excluding hydrogens is 384 g/mol. The molecule has 2 aromatic carbocycles. The summed E-state index contributed by atoms with van der Waals surface area (Å²) in [5.41, 5.74) is 3.00. The number of nitro groups is 1. The van der Waals surface area contributed by atoms with Crippen LogP contribution < -0.4 is 0 Å². The van der Waals surface area contributed by atoms with Crippen LogP contribution in [0.4, 0.5) is 5.69 Å². The van der Waals surface area contributed by atoms with Crippen LogP contribution in [0.15, 0.2) is 53.5 Å². The monoisotopic (exact) mass is 406 g/mol. The van der Waals surface area contributed by atoms with Crippen LogP contribution in [-0.2, 0) is 18.0 Å². The molecule has 0 spiro atoms. The SMILES string of the molecule is CCCN(C)OCc1nnc2n1-c1ccc([N+](=O)[O-])cc1C(c1ccccc1)=NC2. The third-order valence-corrected chi connectivity index (χ3v) is 4.86. The number of aromatic nitrogens is 3. The van der Waals surface area contributed by atoms with E-state index in [1.165, 1.54) is 6.07 Å². The third kappa shape index (κ3) is 3.85. The minimum atomic E-state index is -0.398. The van der Waals surface area contributed by atoms with E-state index in [2.05, 4.69) is 17.1 Å². The highest BCUT2D eigenvalue weighted by Crippen LogP contribution is 2.29. The maximum absolute atomic E-state index is 11.4. The Morgan fingerprint density at radius 1 is 1.20 bits per heavy atom. The minimum absolute atomic E-state index is 0.00869. The summed E-state index contributed by atoms with van der Waals surface area (Å²) in [6, 6.07) is 14.4. The molecule has 0 saturated heterocycles. The van der Waals surface area contributed by atoms with Gasteiger partial charge < -0.3 is 0 Å². The molecular formula is C21H22N6O3. The van der Waals surface area contributed by atoms with Gasteiger partial charge in [-0.25, -0.2) is 0 Å². The average molecular weight is 406 g/mol. The fourth-order valence-electron chi connectivity index (χ4n) is 3.48. The van der Waals surface area contributed by atoms with E-state index in [1.807, 2.05) is 41.9 Å². The second-order valence-corrected chi connectivity index (χ2v) is 6.98. The van der Waals surface area contributed by atoms with Crippen molar-refractivity contribution in [1.82, 2.24) is 19.8 Å². The van der Waals surface area contributed by atoms with Gasteiger partial charge in [0.2, 0.25) is 0 Å². The summed E-state index contributed by atoms with van der Waals surface area (Å²) in [6.45, 7) is 3.42. The number of fused-ring (bicyclic) bond motifs is 3. The second-order valence-electron chi connectivity index (χ2n) is 6.98. The van der Waals surface area contributed by atoms with Crippen LogP contribution in [-0.4, -0.2) is 44.1 Å². The molecule has 0 fully saturated rings. The van der Waals surface area contributed by atoms with Crippen molar-refractivity contribution in [1.29, 1.82) is 0 Å². The first-order valence-corrected chi connectivity index (χ1v) is 9.74. The Hall–Kier alpha value is -3.43. The van der Waals surface area contributed by atoms with Crippen molar-refractivity contribution in [2.24, 2.45) is 4.99 Å². The van der Waals surface area contributed by atoms with E-state index in [1.54, 1.807) is 17.2 Å². The molecule has 30 heavy (non-hydrogen) atoms. The summed E-state index contributed by atoms with van der Waals surface area (Å²) >= 11 is 0. The fraction of sp³-hybridized carbons (Fsp3) is 0.286. The highest BCUT2D eigenvalue weighted by atomic mass is 16.7. The van der Waals surface area contributed by atoms with E-state index in [0.717, 1.165) is 24.2 Å². The maximum atomic E-state index is 11.4. The van der Waals surface area contributed by atoms with Gasteiger partial charge >= 0.3 is 0 Å². The van der Waals surface area contributed by atoms with Crippen molar-refractivity contribution in [3.8, 4) is 5.69 Å². The van der Waals surface area contributed by atoms with Gasteiger partial charge in [-0.05, 0) is 12.5 Å². The van der Waals surface area contributed by atoms with Crippen LogP contribution in [0, 0.1) is 10.1 Å². The van der Waals surface area contributed by atoms with Gasteiger partial charge in [0.25, 0.3) is 5.69 Å². The standard InChI is InChI=1S/C21H22N6O3/c1-3-11-25(2)30-14-20-24-23-19-13-22-21(15-7-5-4-6-8-15)17-12-16(27(28)29)9-10-18(17)26(19)20/h4-10,12H,3,11,13-14H2,1-2H3. The Balaban J connectivity index is 1.81. The molecule has 0 atom stereocenters. The molecule has 154 valence electrons. The largest absolute Gasteiger partial charge is 0.291 e. The molecule has 1 aliphatic rings. The minimum Gasteiger partial charge on any atom is -0.291 e. The summed E-state index contributed by atoms with van der Waals surface area (Å²) in [4.78, 5) is 21.5. The molecule has 1 aromatic heterocycles. The normalized spacial score (nSPS) is 12.8. The lowest BCUT2D eigenvalue weighted by atomic mass is 10.00. The zero-order valence-electron chi connectivity index (χ0n) is 16.9. The Bertz CT molecular complexity index is 1090. The van der Waals surface area contributed by atoms with E-state index < -0.39 is 4.92 Å². The second kappa shape index (κ2) is 8.52. The van der Waals surface area contributed by atoms with E-state index in [4.69, 9.17) is 9.83 Å². The fourth-order valence-corrected chi connectivity index (χ4v) is 3.48. The van der Waals surface area contributed by atoms with Crippen LogP contribution >= 0.6 is 0 Å². The molecule has 0 aliphatic carbocycles. The number of hydrogen-bond donors (Lipinski definition) is 0. The quantitative estimate of drug-likeness (QED) is 0.441. The molecule has 2 heterocycles. The molecule has 0 radical (unpaired) electrons. The molecule has 0 N–H and O–H groups in total. The summed E-state index contributed by atoms with van der Waals surface area (Å²) in [5, 5.41) is 21.8. The molecule has 0 bridgehead atoms. The first-order chi connectivity index (χ1) is 14.6. The van der Waals surface area contributed by atoms with Crippen LogP contribution in [0.1, 0.15) is 36.1 Å². The number of non-ortho nitro benzene ring substituents is 1. The van der Waals surface area contributed by atoms with Crippen molar-refractivity contribution in [3.05, 3.63) is 81.4 Å². The van der Waals surface area contributed by atoms with E-state index in [-0.39, 0.29) is 12.3 Å². The van der Waals surface area contributed by atoms with Gasteiger partial charge in [-0.2, -0.15) is 5.06 Å². The average Bonchev–Trinajstić information content (AvgIpc) is 3.08. The molecule has 9 nitrogen and oxygen atoms in total. The van der Waals surface area contributed by atoms with Crippen molar-refractivity contribution in [2.75, 3.05) is 13.6 Å². The topological polar surface area (TPSA) is 98.7 Å². The van der Waals surface area contributed by atoms with Crippen LogP contribution in [0.3, 0.4) is 0 Å². The summed E-state index contributed by atoms with van der Waals surface area (Å²) < 4.78 is 1.89. The van der Waals surface area contributed by atoms with Crippen molar-refractivity contribution in [3.63, 3.8) is 0 Å². The van der Waals surface area contributed by atoms with Gasteiger partial charge in [-0.3, -0.25) is 24.5 Å². The number of hydrogen-bond acceptors (Lipinski definition) is 7. The summed E-state index contributed by atoms with van der Waals surface area (Å²) in [5.74, 6) is 1.28. The third-order valence-electron chi connectivity index (χ3n) is 4.86. The van der Waals surface area contributed by atoms with Crippen molar-refractivity contribution < 1.29 is 9.76 Å². The number of nitrogens with zero attached hydrogens (tertiary/aromatic N) is 6. The number of nitro benzene ring substituents is 1. The van der Waals surface area contributed by atoms with Crippen LogP contribution in [0.5, 0.6) is 0 Å². The lowest BCUT2D eigenvalue weighted by molar-refractivity contribution is -0.384. The summed E-state index contributed by atoms with van der Waals surface area (Å²) in [6.07, 6.45) is 0.967. The van der Waals surface area contributed by atoms with Crippen LogP contribution in [0.25, 0.3) is 5.69 Å². The molecule has 4 rings (SSSR count). The number of aliphatic imine (C=N–C) groups is 1. The molecule has 1 aliphatic heterocycles. The lowest BCUT2D eigenvalue weighted by Crippen LogP contribution is -2.21. The number of rotatable bonds is 7. The van der Waals surface area contributed by atoms with E-state index in [9.17, 15) is 10.1 Å². The molecule has 0 saturated carbocycles. The molecule has 0 amide bonds. The number of benzene rings is 2. The number of hydroxylamine groups is 2. The highest BCUT2D eigenvalue weighted by Gasteiger charge is 2.25. The van der Waals surface area contributed by atoms with Gasteiger partial charge in [-0.15, -0.1) is 10.2 Å². The van der Waals surface area contributed by atoms with E-state index in [0.29, 0.717) is 29.5 Å². The Morgan fingerprint density at radius 2 is 2.00 bits per heavy atom. The van der Waals surface area contributed by atoms with Gasteiger partial charge in [0.05, 0.1) is 16.3 Å². The van der Waals surface area contributed by atoms with Gasteiger partial charge in [0, 0.05) is 36.9 Å². The molecule has 0 unspecified atom stereocenters. The lowest BCUT2D eigenvalue weighted by Gasteiger charge is -2.17. The Morgan fingerprint density at radius 3 is 2.73 bits per heavy atom. The van der Waals surface area contributed by atoms with Crippen LogP contribution in [0.2, 0.25) is 0 Å². The Labute approximate surface area is 173 Å². The van der Waals surface area contributed by atoms with Gasteiger partial charge in [0.1, 0.15) is 13.2 Å². The molecule has 9 heteroatoms. The first kappa shape index (κ1) is 19.9. The van der Waals surface area contributed by atoms with Crippen molar-refractivity contribution >= 4 is 11.4 Å².